The Labute approximate surface area is 173 Å². The summed E-state index contributed by atoms with van der Waals surface area (Å²) in [6.45, 7) is 4.84. The molecule has 7 heteroatoms. The number of morpholine rings is 1. The highest BCUT2D eigenvalue weighted by atomic mass is 16.5. The minimum atomic E-state index is -0.484. The van der Waals surface area contributed by atoms with Crippen molar-refractivity contribution in [3.8, 4) is 0 Å². The van der Waals surface area contributed by atoms with E-state index in [4.69, 9.17) is 4.74 Å². The van der Waals surface area contributed by atoms with E-state index >= 15 is 0 Å². The van der Waals surface area contributed by atoms with Gasteiger partial charge >= 0.3 is 0 Å². The molecule has 1 fully saturated rings. The largest absolute Gasteiger partial charge is 0.372 e. The van der Waals surface area contributed by atoms with Crippen molar-refractivity contribution in [1.82, 2.24) is 9.88 Å². The number of nitrogens with one attached hydrogen (secondary N) is 2. The molecule has 1 saturated heterocycles. The van der Waals surface area contributed by atoms with Gasteiger partial charge in [-0.05, 0) is 43.5 Å². The number of hydrogen-bond donors (Lipinski definition) is 2. The van der Waals surface area contributed by atoms with Crippen molar-refractivity contribution in [2.45, 2.75) is 26.1 Å². The average molecular weight is 405 g/mol. The van der Waals surface area contributed by atoms with Gasteiger partial charge in [-0.3, -0.25) is 14.4 Å². The number of ether oxygens (including phenoxy) is 1. The number of amides is 2. The number of carbonyl (C=O) groups is 2. The molecule has 2 N–H and O–H groups in total. The van der Waals surface area contributed by atoms with Crippen molar-refractivity contribution in [2.24, 2.45) is 0 Å². The van der Waals surface area contributed by atoms with Gasteiger partial charge in [-0.1, -0.05) is 30.3 Å². The van der Waals surface area contributed by atoms with Crippen molar-refractivity contribution in [3.05, 3.63) is 76.2 Å². The van der Waals surface area contributed by atoms with Crippen LogP contribution in [0.4, 0.5) is 5.69 Å². The lowest BCUT2D eigenvalue weighted by molar-refractivity contribution is -0.0585. The van der Waals surface area contributed by atoms with Crippen LogP contribution in [0, 0.1) is 0 Å². The van der Waals surface area contributed by atoms with E-state index in [1.54, 1.807) is 53.4 Å². The highest BCUT2D eigenvalue weighted by molar-refractivity contribution is 6.09. The molecular formula is C23H23N3O4. The van der Waals surface area contributed by atoms with Crippen LogP contribution >= 0.6 is 0 Å². The molecule has 2 unspecified atom stereocenters. The second-order valence-electron chi connectivity index (χ2n) is 7.57. The minimum Gasteiger partial charge on any atom is -0.372 e. The van der Waals surface area contributed by atoms with Crippen molar-refractivity contribution >= 4 is 28.3 Å². The lowest BCUT2D eigenvalue weighted by Gasteiger charge is -2.35. The number of aromatic amines is 1. The van der Waals surface area contributed by atoms with E-state index in [1.165, 1.54) is 0 Å². The fraction of sp³-hybridized carbons (Fsp3) is 0.261. The van der Waals surface area contributed by atoms with Gasteiger partial charge in [0.1, 0.15) is 5.69 Å². The standard InChI is InChI=1S/C23H23N3O4/c1-14-12-26(13-15(2)30-14)23(29)18-9-5-6-10-19(18)24-22(28)20-11-16-7-3-4-8-17(16)21(27)25-20/h3-11,14-15H,12-13H2,1-2H3,(H,24,28)(H,25,27). The zero-order chi connectivity index (χ0) is 21.3. The first kappa shape index (κ1) is 19.8. The van der Waals surface area contributed by atoms with Crippen LogP contribution in [0.2, 0.25) is 0 Å². The van der Waals surface area contributed by atoms with Crippen LogP contribution in [0.5, 0.6) is 0 Å². The number of nitrogens with zero attached hydrogens (tertiary/aromatic N) is 1. The number of benzene rings is 2. The Balaban J connectivity index is 1.61. The van der Waals surface area contributed by atoms with Gasteiger partial charge in [0, 0.05) is 18.5 Å². The smallest absolute Gasteiger partial charge is 0.272 e. The van der Waals surface area contributed by atoms with Gasteiger partial charge in [0.05, 0.1) is 23.5 Å². The first-order valence-corrected chi connectivity index (χ1v) is 9.89. The summed E-state index contributed by atoms with van der Waals surface area (Å²) >= 11 is 0. The Bertz CT molecular complexity index is 1160. The van der Waals surface area contributed by atoms with Gasteiger partial charge in [-0.15, -0.1) is 0 Å². The molecule has 1 aliphatic heterocycles. The van der Waals surface area contributed by atoms with Crippen LogP contribution in [-0.4, -0.2) is 47.0 Å². The molecule has 2 aromatic carbocycles. The zero-order valence-corrected chi connectivity index (χ0v) is 16.8. The fourth-order valence-electron chi connectivity index (χ4n) is 3.82. The summed E-state index contributed by atoms with van der Waals surface area (Å²) in [5.41, 5.74) is 0.595. The van der Waals surface area contributed by atoms with E-state index < -0.39 is 5.91 Å². The number of pyridine rings is 1. The summed E-state index contributed by atoms with van der Waals surface area (Å²) < 4.78 is 5.70. The molecule has 3 aromatic rings. The van der Waals surface area contributed by atoms with E-state index in [-0.39, 0.29) is 29.4 Å². The number of rotatable bonds is 3. The third-order valence-electron chi connectivity index (χ3n) is 5.11. The quantitative estimate of drug-likeness (QED) is 0.701. The van der Waals surface area contributed by atoms with E-state index in [2.05, 4.69) is 10.3 Å². The van der Waals surface area contributed by atoms with Crippen molar-refractivity contribution in [3.63, 3.8) is 0 Å². The highest BCUT2D eigenvalue weighted by Gasteiger charge is 2.28. The van der Waals surface area contributed by atoms with Crippen LogP contribution in [0.3, 0.4) is 0 Å². The van der Waals surface area contributed by atoms with Crippen molar-refractivity contribution in [1.29, 1.82) is 0 Å². The predicted octanol–water partition coefficient (Wildman–Crippen LogP) is 3.03. The number of fused-ring (bicyclic) bond motifs is 1. The maximum absolute atomic E-state index is 13.1. The average Bonchev–Trinajstić information content (AvgIpc) is 2.73. The Kier molecular flexibility index (Phi) is 5.37. The molecular weight excluding hydrogens is 382 g/mol. The maximum Gasteiger partial charge on any atom is 0.272 e. The summed E-state index contributed by atoms with van der Waals surface area (Å²) in [6, 6.07) is 15.6. The monoisotopic (exact) mass is 405 g/mol. The highest BCUT2D eigenvalue weighted by Crippen LogP contribution is 2.21. The molecule has 2 heterocycles. The molecule has 1 aromatic heterocycles. The molecule has 7 nitrogen and oxygen atoms in total. The summed E-state index contributed by atoms with van der Waals surface area (Å²) in [4.78, 5) is 42.6. The Morgan fingerprint density at radius 2 is 1.70 bits per heavy atom. The maximum atomic E-state index is 13.1. The van der Waals surface area contributed by atoms with Gasteiger partial charge in [-0.2, -0.15) is 0 Å². The Morgan fingerprint density at radius 3 is 2.47 bits per heavy atom. The van der Waals surface area contributed by atoms with Gasteiger partial charge in [-0.25, -0.2) is 0 Å². The zero-order valence-electron chi connectivity index (χ0n) is 16.8. The van der Waals surface area contributed by atoms with Crippen LogP contribution in [0.15, 0.2) is 59.4 Å². The molecule has 2 amide bonds. The van der Waals surface area contributed by atoms with Crippen molar-refractivity contribution in [2.75, 3.05) is 18.4 Å². The third kappa shape index (κ3) is 3.97. The van der Waals surface area contributed by atoms with Crippen LogP contribution in [0.25, 0.3) is 10.8 Å². The van der Waals surface area contributed by atoms with Gasteiger partial charge in [0.25, 0.3) is 17.4 Å². The number of hydrogen-bond acceptors (Lipinski definition) is 4. The first-order valence-electron chi connectivity index (χ1n) is 9.89. The molecule has 0 spiro atoms. The van der Waals surface area contributed by atoms with E-state index in [9.17, 15) is 14.4 Å². The SMILES string of the molecule is CC1CN(C(=O)c2ccccc2NC(=O)c2cc3ccccc3c(=O)[nH]2)CC(C)O1. The van der Waals surface area contributed by atoms with Gasteiger partial charge < -0.3 is 19.9 Å². The van der Waals surface area contributed by atoms with Crippen LogP contribution in [0.1, 0.15) is 34.7 Å². The lowest BCUT2D eigenvalue weighted by atomic mass is 10.1. The third-order valence-corrected chi connectivity index (χ3v) is 5.11. The molecule has 0 aliphatic carbocycles. The van der Waals surface area contributed by atoms with E-state index in [0.717, 1.165) is 0 Å². The number of H-pyrrole nitrogens is 1. The molecule has 1 aliphatic rings. The topological polar surface area (TPSA) is 91.5 Å². The lowest BCUT2D eigenvalue weighted by Crippen LogP contribution is -2.48. The molecule has 30 heavy (non-hydrogen) atoms. The molecule has 4 rings (SSSR count). The minimum absolute atomic E-state index is 0.0536. The number of anilines is 1. The molecule has 154 valence electrons. The predicted molar refractivity (Wildman–Crippen MR) is 115 cm³/mol. The first-order chi connectivity index (χ1) is 14.4. The Morgan fingerprint density at radius 1 is 1.03 bits per heavy atom. The molecule has 0 radical (unpaired) electrons. The number of carbonyl (C=O) groups excluding carboxylic acids is 2. The Hall–Kier alpha value is -3.45. The molecule has 0 bridgehead atoms. The molecule has 2 atom stereocenters. The summed E-state index contributed by atoms with van der Waals surface area (Å²) in [7, 11) is 0. The van der Waals surface area contributed by atoms with E-state index in [1.807, 2.05) is 19.9 Å². The number of para-hydroxylation sites is 1. The van der Waals surface area contributed by atoms with Crippen LogP contribution in [-0.2, 0) is 4.74 Å². The van der Waals surface area contributed by atoms with Crippen molar-refractivity contribution < 1.29 is 14.3 Å². The van der Waals surface area contributed by atoms with Gasteiger partial charge in [0.2, 0.25) is 0 Å². The van der Waals surface area contributed by atoms with Gasteiger partial charge in [0.15, 0.2) is 0 Å². The summed E-state index contributed by atoms with van der Waals surface area (Å²) in [5, 5.41) is 3.96. The van der Waals surface area contributed by atoms with E-state index in [0.29, 0.717) is 35.1 Å². The second kappa shape index (κ2) is 8.12. The molecule has 0 saturated carbocycles. The van der Waals surface area contributed by atoms with Crippen LogP contribution < -0.4 is 10.9 Å². The number of aromatic nitrogens is 1. The normalized spacial score (nSPS) is 18.9. The summed E-state index contributed by atoms with van der Waals surface area (Å²) in [6.07, 6.45) is -0.107. The fourth-order valence-corrected chi connectivity index (χ4v) is 3.82. The summed E-state index contributed by atoms with van der Waals surface area (Å²) in [5.74, 6) is -0.651. The second-order valence-corrected chi connectivity index (χ2v) is 7.57.